The molecule has 0 amide bonds. The summed E-state index contributed by atoms with van der Waals surface area (Å²) in [5.41, 5.74) is 3.85. The van der Waals surface area contributed by atoms with Gasteiger partial charge in [-0.15, -0.1) is 0 Å². The molecule has 7 nitrogen and oxygen atoms in total. The van der Waals surface area contributed by atoms with Crippen LogP contribution in [-0.2, 0) is 19.5 Å². The average molecular weight is 430 g/mol. The predicted molar refractivity (Wildman–Crippen MR) is 129 cm³/mol. The summed E-state index contributed by atoms with van der Waals surface area (Å²) in [5.74, 6) is 2.97. The molecule has 2 aliphatic rings. The summed E-state index contributed by atoms with van der Waals surface area (Å²) in [7, 11) is 4.05. The highest BCUT2D eigenvalue weighted by Gasteiger charge is 2.28. The molecule has 1 aromatic carbocycles. The number of rotatable bonds is 5. The van der Waals surface area contributed by atoms with E-state index < -0.39 is 0 Å². The van der Waals surface area contributed by atoms with Crippen molar-refractivity contribution in [3.8, 4) is 0 Å². The summed E-state index contributed by atoms with van der Waals surface area (Å²) in [6.45, 7) is 6.65. The first-order chi connectivity index (χ1) is 15.7. The third-order valence-electron chi connectivity index (χ3n) is 6.31. The summed E-state index contributed by atoms with van der Waals surface area (Å²) in [6.07, 6.45) is 2.83. The SMILES string of the molecule is CN(C)c1nc2c(c(N3CCN(c4ccccn4)CC3)n1)CN(Cc1ccccc1)CC2. The van der Waals surface area contributed by atoms with Crippen LogP contribution in [0.4, 0.5) is 17.6 Å². The van der Waals surface area contributed by atoms with E-state index in [1.807, 2.05) is 31.3 Å². The van der Waals surface area contributed by atoms with Crippen LogP contribution < -0.4 is 14.7 Å². The maximum absolute atomic E-state index is 5.03. The third-order valence-corrected chi connectivity index (χ3v) is 6.31. The van der Waals surface area contributed by atoms with Crippen molar-refractivity contribution < 1.29 is 0 Å². The van der Waals surface area contributed by atoms with Crippen molar-refractivity contribution in [3.63, 3.8) is 0 Å². The summed E-state index contributed by atoms with van der Waals surface area (Å²) >= 11 is 0. The molecule has 0 bridgehead atoms. The van der Waals surface area contributed by atoms with E-state index >= 15 is 0 Å². The van der Waals surface area contributed by atoms with Gasteiger partial charge < -0.3 is 14.7 Å². The van der Waals surface area contributed by atoms with Gasteiger partial charge in [0.25, 0.3) is 0 Å². The number of fused-ring (bicyclic) bond motifs is 1. The zero-order valence-corrected chi connectivity index (χ0v) is 19.0. The minimum atomic E-state index is 0.808. The van der Waals surface area contributed by atoms with Crippen LogP contribution >= 0.6 is 0 Å². The van der Waals surface area contributed by atoms with Crippen LogP contribution in [0.5, 0.6) is 0 Å². The van der Waals surface area contributed by atoms with Gasteiger partial charge in [0, 0.05) is 78.1 Å². The molecule has 0 unspecified atom stereocenters. The van der Waals surface area contributed by atoms with Gasteiger partial charge in [0.2, 0.25) is 5.95 Å². The van der Waals surface area contributed by atoms with Crippen LogP contribution in [0.3, 0.4) is 0 Å². The molecule has 4 heterocycles. The van der Waals surface area contributed by atoms with Crippen molar-refractivity contribution in [1.29, 1.82) is 0 Å². The Balaban J connectivity index is 1.38. The Morgan fingerprint density at radius 1 is 0.844 bits per heavy atom. The molecule has 5 rings (SSSR count). The molecule has 3 aromatic rings. The number of aromatic nitrogens is 3. The second-order valence-electron chi connectivity index (χ2n) is 8.78. The number of hydrogen-bond donors (Lipinski definition) is 0. The van der Waals surface area contributed by atoms with Crippen molar-refractivity contribution in [2.75, 3.05) is 61.5 Å². The van der Waals surface area contributed by atoms with E-state index in [1.165, 1.54) is 16.8 Å². The first-order valence-electron chi connectivity index (χ1n) is 11.4. The fourth-order valence-corrected chi connectivity index (χ4v) is 4.57. The minimum Gasteiger partial charge on any atom is -0.353 e. The van der Waals surface area contributed by atoms with Gasteiger partial charge in [-0.05, 0) is 17.7 Å². The fourth-order valence-electron chi connectivity index (χ4n) is 4.57. The highest BCUT2D eigenvalue weighted by atomic mass is 15.3. The van der Waals surface area contributed by atoms with Crippen molar-refractivity contribution in [2.45, 2.75) is 19.5 Å². The quantitative estimate of drug-likeness (QED) is 0.618. The van der Waals surface area contributed by atoms with E-state index in [4.69, 9.17) is 9.97 Å². The van der Waals surface area contributed by atoms with Crippen LogP contribution in [0, 0.1) is 0 Å². The van der Waals surface area contributed by atoms with Gasteiger partial charge in [-0.3, -0.25) is 4.90 Å². The zero-order chi connectivity index (χ0) is 21.9. The fraction of sp³-hybridized carbons (Fsp3) is 0.400. The van der Waals surface area contributed by atoms with Gasteiger partial charge in [-0.2, -0.15) is 4.98 Å². The van der Waals surface area contributed by atoms with Gasteiger partial charge in [0.15, 0.2) is 0 Å². The maximum Gasteiger partial charge on any atom is 0.227 e. The molecule has 0 N–H and O–H groups in total. The minimum absolute atomic E-state index is 0.808. The Hall–Kier alpha value is -3.19. The highest BCUT2D eigenvalue weighted by molar-refractivity contribution is 5.55. The maximum atomic E-state index is 5.03. The van der Waals surface area contributed by atoms with Crippen LogP contribution in [0.1, 0.15) is 16.8 Å². The number of nitrogens with zero attached hydrogens (tertiary/aromatic N) is 7. The summed E-state index contributed by atoms with van der Waals surface area (Å²) in [6, 6.07) is 16.8. The molecule has 1 saturated heterocycles. The van der Waals surface area contributed by atoms with E-state index in [-0.39, 0.29) is 0 Å². The normalized spacial score (nSPS) is 16.7. The molecule has 0 spiro atoms. The predicted octanol–water partition coefficient (Wildman–Crippen LogP) is 2.82. The molecule has 0 radical (unpaired) electrons. The van der Waals surface area contributed by atoms with Gasteiger partial charge >= 0.3 is 0 Å². The molecule has 0 aliphatic carbocycles. The molecule has 7 heteroatoms. The summed E-state index contributed by atoms with van der Waals surface area (Å²) in [5, 5.41) is 0. The van der Waals surface area contributed by atoms with Crippen molar-refractivity contribution in [2.24, 2.45) is 0 Å². The standard InChI is InChI=1S/C25H31N7/c1-29(2)25-27-22-11-13-30(18-20-8-4-3-5-9-20)19-21(22)24(28-25)32-16-14-31(15-17-32)23-10-6-7-12-26-23/h3-10,12H,11,13-19H2,1-2H3. The van der Waals surface area contributed by atoms with E-state index in [2.05, 4.69) is 62.1 Å². The average Bonchev–Trinajstić information content (AvgIpc) is 2.84. The second-order valence-corrected chi connectivity index (χ2v) is 8.78. The van der Waals surface area contributed by atoms with Gasteiger partial charge in [-0.25, -0.2) is 9.97 Å². The van der Waals surface area contributed by atoms with Crippen molar-refractivity contribution in [3.05, 3.63) is 71.5 Å². The van der Waals surface area contributed by atoms with E-state index in [1.54, 1.807) is 0 Å². The highest BCUT2D eigenvalue weighted by Crippen LogP contribution is 2.30. The lowest BCUT2D eigenvalue weighted by Gasteiger charge is -2.38. The Morgan fingerprint density at radius 3 is 2.31 bits per heavy atom. The Bertz CT molecular complexity index is 1030. The molecule has 1 fully saturated rings. The van der Waals surface area contributed by atoms with Crippen molar-refractivity contribution in [1.82, 2.24) is 19.9 Å². The van der Waals surface area contributed by atoms with Crippen LogP contribution in [-0.4, -0.2) is 66.7 Å². The van der Waals surface area contributed by atoms with Crippen LogP contribution in [0.15, 0.2) is 54.7 Å². The molecule has 0 atom stereocenters. The van der Waals surface area contributed by atoms with E-state index in [9.17, 15) is 0 Å². The molecule has 2 aromatic heterocycles. The third kappa shape index (κ3) is 4.39. The molecular weight excluding hydrogens is 398 g/mol. The van der Waals surface area contributed by atoms with Crippen LogP contribution in [0.25, 0.3) is 0 Å². The molecular formula is C25H31N7. The number of benzene rings is 1. The topological polar surface area (TPSA) is 51.6 Å². The van der Waals surface area contributed by atoms with E-state index in [0.717, 1.165) is 69.8 Å². The van der Waals surface area contributed by atoms with Crippen LogP contribution in [0.2, 0.25) is 0 Å². The van der Waals surface area contributed by atoms with Gasteiger partial charge in [0.1, 0.15) is 11.6 Å². The lowest BCUT2D eigenvalue weighted by Crippen LogP contribution is -2.48. The Morgan fingerprint density at radius 2 is 1.59 bits per heavy atom. The number of piperazine rings is 1. The number of pyridine rings is 1. The lowest BCUT2D eigenvalue weighted by molar-refractivity contribution is 0.243. The Kier molecular flexibility index (Phi) is 5.90. The Labute approximate surface area is 190 Å². The first-order valence-corrected chi connectivity index (χ1v) is 11.4. The zero-order valence-electron chi connectivity index (χ0n) is 19.0. The first kappa shape index (κ1) is 20.7. The van der Waals surface area contributed by atoms with Gasteiger partial charge in [0.05, 0.1) is 5.69 Å². The van der Waals surface area contributed by atoms with E-state index in [0.29, 0.717) is 0 Å². The molecule has 2 aliphatic heterocycles. The molecule has 166 valence electrons. The number of hydrogen-bond acceptors (Lipinski definition) is 7. The molecule has 32 heavy (non-hydrogen) atoms. The monoisotopic (exact) mass is 429 g/mol. The summed E-state index contributed by atoms with van der Waals surface area (Å²) in [4.78, 5) is 23.8. The largest absolute Gasteiger partial charge is 0.353 e. The number of anilines is 3. The smallest absolute Gasteiger partial charge is 0.227 e. The molecule has 0 saturated carbocycles. The summed E-state index contributed by atoms with van der Waals surface area (Å²) < 4.78 is 0. The lowest BCUT2D eigenvalue weighted by atomic mass is 10.0. The second kappa shape index (κ2) is 9.12. The van der Waals surface area contributed by atoms with Crippen molar-refractivity contribution >= 4 is 17.6 Å². The van der Waals surface area contributed by atoms with Gasteiger partial charge in [-0.1, -0.05) is 36.4 Å².